The number of H-pyrrole nitrogens is 1. The molecular formula is C16H16N6O. The standard InChI is InChI=1S/C16H16N6O/c23-15(11-2-7-22-12(8-11)9-19-20-22)21-6-3-13-14(18-10-17-13)16(21)4-1-5-16/h2,7-10H,1,3-6H2,(H,17,18). The second-order valence-corrected chi connectivity index (χ2v) is 6.34. The highest BCUT2D eigenvalue weighted by atomic mass is 16.2. The van der Waals surface area contributed by atoms with Crippen molar-refractivity contribution < 1.29 is 4.79 Å². The zero-order chi connectivity index (χ0) is 15.4. The van der Waals surface area contributed by atoms with Crippen LogP contribution in [0.3, 0.4) is 0 Å². The first-order chi connectivity index (χ1) is 11.3. The van der Waals surface area contributed by atoms with Gasteiger partial charge < -0.3 is 9.88 Å². The van der Waals surface area contributed by atoms with E-state index >= 15 is 0 Å². The molecule has 0 aromatic carbocycles. The average Bonchev–Trinajstić information content (AvgIpc) is 3.19. The maximum absolute atomic E-state index is 13.1. The van der Waals surface area contributed by atoms with Gasteiger partial charge >= 0.3 is 0 Å². The van der Waals surface area contributed by atoms with Crippen LogP contribution in [-0.2, 0) is 12.0 Å². The van der Waals surface area contributed by atoms with E-state index in [4.69, 9.17) is 0 Å². The van der Waals surface area contributed by atoms with Gasteiger partial charge in [-0.3, -0.25) is 4.79 Å². The van der Waals surface area contributed by atoms with Crippen LogP contribution in [0.4, 0.5) is 0 Å². The molecule has 2 aliphatic rings. The Bertz CT molecular complexity index is 906. The van der Waals surface area contributed by atoms with Crippen LogP contribution in [0.25, 0.3) is 5.52 Å². The Kier molecular flexibility index (Phi) is 2.45. The highest BCUT2D eigenvalue weighted by molar-refractivity contribution is 5.96. The summed E-state index contributed by atoms with van der Waals surface area (Å²) in [6.45, 7) is 0.733. The molecule has 4 heterocycles. The van der Waals surface area contributed by atoms with E-state index in [1.165, 1.54) is 5.69 Å². The van der Waals surface area contributed by atoms with Gasteiger partial charge in [0.25, 0.3) is 5.91 Å². The fraction of sp³-hybridized carbons (Fsp3) is 0.375. The van der Waals surface area contributed by atoms with Crippen molar-refractivity contribution >= 4 is 11.4 Å². The van der Waals surface area contributed by atoms with Crippen molar-refractivity contribution in [3.05, 3.63) is 47.8 Å². The van der Waals surface area contributed by atoms with Gasteiger partial charge in [0.05, 0.1) is 29.3 Å². The van der Waals surface area contributed by atoms with Gasteiger partial charge in [-0.1, -0.05) is 5.21 Å². The Hall–Kier alpha value is -2.70. The summed E-state index contributed by atoms with van der Waals surface area (Å²) in [6, 6.07) is 3.67. The number of imidazole rings is 1. The maximum Gasteiger partial charge on any atom is 0.254 e. The molecular weight excluding hydrogens is 292 g/mol. The molecule has 116 valence electrons. The smallest absolute Gasteiger partial charge is 0.254 e. The average molecular weight is 308 g/mol. The van der Waals surface area contributed by atoms with Crippen molar-refractivity contribution in [3.63, 3.8) is 0 Å². The van der Waals surface area contributed by atoms with E-state index in [2.05, 4.69) is 20.3 Å². The SMILES string of the molecule is O=C(c1ccn2nncc2c1)N1CCc2[nH]cnc2C12CCC2. The summed E-state index contributed by atoms with van der Waals surface area (Å²) >= 11 is 0. The van der Waals surface area contributed by atoms with Gasteiger partial charge in [-0.25, -0.2) is 9.50 Å². The number of pyridine rings is 1. The van der Waals surface area contributed by atoms with Crippen LogP contribution < -0.4 is 0 Å². The van der Waals surface area contributed by atoms with Gasteiger partial charge in [-0.2, -0.15) is 0 Å². The van der Waals surface area contributed by atoms with Gasteiger partial charge in [0.15, 0.2) is 0 Å². The molecule has 1 fully saturated rings. The molecule has 1 saturated carbocycles. The Balaban J connectivity index is 1.57. The molecule has 7 heteroatoms. The topological polar surface area (TPSA) is 79.2 Å². The minimum absolute atomic E-state index is 0.0713. The van der Waals surface area contributed by atoms with Crippen LogP contribution >= 0.6 is 0 Å². The summed E-state index contributed by atoms with van der Waals surface area (Å²) in [5.74, 6) is 0.0713. The van der Waals surface area contributed by atoms with E-state index in [0.29, 0.717) is 5.56 Å². The quantitative estimate of drug-likeness (QED) is 0.739. The second-order valence-electron chi connectivity index (χ2n) is 6.34. The summed E-state index contributed by atoms with van der Waals surface area (Å²) in [6.07, 6.45) is 9.16. The van der Waals surface area contributed by atoms with Crippen LogP contribution in [0, 0.1) is 0 Å². The van der Waals surface area contributed by atoms with E-state index in [0.717, 1.165) is 43.4 Å². The molecule has 1 spiro atoms. The van der Waals surface area contributed by atoms with Crippen molar-refractivity contribution in [1.29, 1.82) is 0 Å². The number of nitrogens with zero attached hydrogens (tertiary/aromatic N) is 5. The normalized spacial score (nSPS) is 18.9. The molecule has 5 rings (SSSR count). The molecule has 3 aromatic heterocycles. The van der Waals surface area contributed by atoms with Gasteiger partial charge in [0.2, 0.25) is 0 Å². The lowest BCUT2D eigenvalue weighted by molar-refractivity contribution is 0.00455. The summed E-state index contributed by atoms with van der Waals surface area (Å²) in [4.78, 5) is 22.9. The number of carbonyl (C=O) groups is 1. The number of hydrogen-bond donors (Lipinski definition) is 1. The van der Waals surface area contributed by atoms with Crippen LogP contribution in [0.2, 0.25) is 0 Å². The third-order valence-electron chi connectivity index (χ3n) is 5.24. The third kappa shape index (κ3) is 1.64. The first-order valence-electron chi connectivity index (χ1n) is 7.93. The molecule has 1 aliphatic heterocycles. The van der Waals surface area contributed by atoms with Crippen molar-refractivity contribution in [2.75, 3.05) is 6.54 Å². The first-order valence-corrected chi connectivity index (χ1v) is 7.93. The second kappa shape index (κ2) is 4.41. The van der Waals surface area contributed by atoms with E-state index in [1.54, 1.807) is 23.2 Å². The number of rotatable bonds is 1. The Labute approximate surface area is 132 Å². The predicted octanol–water partition coefficient (Wildman–Crippen LogP) is 1.53. The number of aromatic amines is 1. The van der Waals surface area contributed by atoms with E-state index in [9.17, 15) is 4.79 Å². The molecule has 0 atom stereocenters. The van der Waals surface area contributed by atoms with Crippen molar-refractivity contribution in [2.45, 2.75) is 31.2 Å². The summed E-state index contributed by atoms with van der Waals surface area (Å²) in [5, 5.41) is 7.80. The highest BCUT2D eigenvalue weighted by Gasteiger charge is 2.51. The van der Waals surface area contributed by atoms with Crippen LogP contribution in [-0.4, -0.2) is 42.1 Å². The molecule has 1 N–H and O–H groups in total. The Morgan fingerprint density at radius 2 is 2.26 bits per heavy atom. The van der Waals surface area contributed by atoms with Gasteiger partial charge in [0, 0.05) is 30.4 Å². The summed E-state index contributed by atoms with van der Waals surface area (Å²) in [5.41, 5.74) is 3.55. The van der Waals surface area contributed by atoms with Gasteiger partial charge in [0.1, 0.15) is 0 Å². The van der Waals surface area contributed by atoms with Crippen molar-refractivity contribution in [2.24, 2.45) is 0 Å². The number of hydrogen-bond acceptors (Lipinski definition) is 4. The number of carbonyl (C=O) groups excluding carboxylic acids is 1. The lowest BCUT2D eigenvalue weighted by atomic mass is 9.70. The van der Waals surface area contributed by atoms with Crippen molar-refractivity contribution in [3.8, 4) is 0 Å². The highest BCUT2D eigenvalue weighted by Crippen LogP contribution is 2.49. The molecule has 7 nitrogen and oxygen atoms in total. The number of aromatic nitrogens is 5. The minimum Gasteiger partial charge on any atom is -0.348 e. The van der Waals surface area contributed by atoms with Crippen LogP contribution in [0.5, 0.6) is 0 Å². The molecule has 0 bridgehead atoms. The van der Waals surface area contributed by atoms with Crippen molar-refractivity contribution in [1.82, 2.24) is 29.7 Å². The first kappa shape index (κ1) is 12.8. The summed E-state index contributed by atoms with van der Waals surface area (Å²) < 4.78 is 1.66. The number of amides is 1. The molecule has 3 aromatic rings. The Morgan fingerprint density at radius 1 is 1.35 bits per heavy atom. The predicted molar refractivity (Wildman–Crippen MR) is 81.8 cm³/mol. The van der Waals surface area contributed by atoms with Crippen LogP contribution in [0.15, 0.2) is 30.9 Å². The van der Waals surface area contributed by atoms with Crippen LogP contribution in [0.1, 0.15) is 41.0 Å². The monoisotopic (exact) mass is 308 g/mol. The van der Waals surface area contributed by atoms with Gasteiger partial charge in [-0.05, 0) is 31.4 Å². The number of fused-ring (bicyclic) bond motifs is 3. The molecule has 0 saturated heterocycles. The maximum atomic E-state index is 13.1. The number of nitrogens with one attached hydrogen (secondary N) is 1. The lowest BCUT2D eigenvalue weighted by Gasteiger charge is -2.52. The van der Waals surface area contributed by atoms with E-state index in [1.807, 2.05) is 17.0 Å². The Morgan fingerprint density at radius 3 is 3.09 bits per heavy atom. The zero-order valence-electron chi connectivity index (χ0n) is 12.6. The van der Waals surface area contributed by atoms with Gasteiger partial charge in [-0.15, -0.1) is 5.10 Å². The molecule has 0 unspecified atom stereocenters. The fourth-order valence-electron chi connectivity index (χ4n) is 3.91. The molecule has 1 amide bonds. The largest absolute Gasteiger partial charge is 0.348 e. The third-order valence-corrected chi connectivity index (χ3v) is 5.24. The summed E-state index contributed by atoms with van der Waals surface area (Å²) in [7, 11) is 0. The molecule has 23 heavy (non-hydrogen) atoms. The fourth-order valence-corrected chi connectivity index (χ4v) is 3.91. The zero-order valence-corrected chi connectivity index (χ0v) is 12.6. The lowest BCUT2D eigenvalue weighted by Crippen LogP contribution is -2.57. The molecule has 0 radical (unpaired) electrons. The minimum atomic E-state index is -0.213. The van der Waals surface area contributed by atoms with E-state index in [-0.39, 0.29) is 11.4 Å². The van der Waals surface area contributed by atoms with E-state index < -0.39 is 0 Å². The molecule has 1 aliphatic carbocycles.